The molecule has 2 aliphatic rings. The molecule has 0 radical (unpaired) electrons. The molecule has 2 N–H and O–H groups in total. The van der Waals surface area contributed by atoms with Crippen molar-refractivity contribution in [3.63, 3.8) is 0 Å². The van der Waals surface area contributed by atoms with Crippen molar-refractivity contribution in [2.24, 2.45) is 11.8 Å². The highest BCUT2D eigenvalue weighted by molar-refractivity contribution is 7.21. The molecular weight excluding hydrogens is 894 g/mol. The molecule has 11 nitrogen and oxygen atoms in total. The third kappa shape index (κ3) is 13.3. The highest BCUT2D eigenvalue weighted by Gasteiger charge is 2.25. The number of rotatable bonds is 15. The van der Waals surface area contributed by atoms with Crippen molar-refractivity contribution >= 4 is 101 Å². The van der Waals surface area contributed by atoms with Gasteiger partial charge in [0.1, 0.15) is 0 Å². The number of nitrogens with one attached hydrogen (secondary N) is 2. The van der Waals surface area contributed by atoms with E-state index < -0.39 is 0 Å². The number of benzene rings is 1. The number of piperidine rings is 2. The second kappa shape index (κ2) is 22.9. The van der Waals surface area contributed by atoms with Gasteiger partial charge in [-0.15, -0.1) is 34.0 Å². The first-order valence-corrected chi connectivity index (χ1v) is 25.0. The standard InChI is InChI=1S/C24H25Cl2N3O2S.C23H28N4O2S2/c25-19-5-4-18(13-20(19)26)24(31)29-11-7-16(8-12-29)3-1-2-9-28-23(30)21-14-17-6-10-27-15-22(17)32-21;1-16-26-19(15-30-16)13-22(28)27-10-6-17(7-11-27)4-2-3-8-25-23(29)20-12-18-5-9-24-14-21(18)31-20/h4-6,10,13-16H,1-3,7-9,11-12H2,(H,28,30);5,9,12,14-15,17H,2-4,6-8,10-11,13H2,1H3,(H,25,29). The Morgan fingerprint density at radius 1 is 0.698 bits per heavy atom. The summed E-state index contributed by atoms with van der Waals surface area (Å²) in [6.45, 7) is 6.59. The van der Waals surface area contributed by atoms with Crippen LogP contribution in [0.1, 0.15) is 105 Å². The average Bonchev–Trinajstić information content (AvgIpc) is 4.06. The summed E-state index contributed by atoms with van der Waals surface area (Å²) in [5, 5.41) is 12.0. The molecule has 0 spiro atoms. The number of aromatic nitrogens is 3. The predicted molar refractivity (Wildman–Crippen MR) is 257 cm³/mol. The fourth-order valence-electron chi connectivity index (χ4n) is 8.15. The van der Waals surface area contributed by atoms with Crippen LogP contribution in [-0.2, 0) is 11.2 Å². The van der Waals surface area contributed by atoms with Crippen LogP contribution < -0.4 is 10.6 Å². The maximum Gasteiger partial charge on any atom is 0.261 e. The Morgan fingerprint density at radius 2 is 1.24 bits per heavy atom. The smallest absolute Gasteiger partial charge is 0.261 e. The molecule has 2 aliphatic heterocycles. The first-order valence-electron chi connectivity index (χ1n) is 21.8. The SMILES string of the molecule is Cc1nc(CC(=O)N2CCC(CCCCNC(=O)c3cc4ccncc4s3)CC2)cs1.O=C(NCCCCC1CCN(C(=O)c2ccc(Cl)c(Cl)c2)CC1)c1cc2ccncc2s1. The van der Waals surface area contributed by atoms with E-state index >= 15 is 0 Å². The minimum atomic E-state index is -0.0136. The van der Waals surface area contributed by atoms with E-state index in [1.54, 1.807) is 54.3 Å². The Morgan fingerprint density at radius 3 is 1.73 bits per heavy atom. The summed E-state index contributed by atoms with van der Waals surface area (Å²) in [4.78, 5) is 67.8. The van der Waals surface area contributed by atoms with Gasteiger partial charge in [0.05, 0.1) is 46.3 Å². The predicted octanol–water partition coefficient (Wildman–Crippen LogP) is 10.5. The molecule has 2 saturated heterocycles. The third-order valence-electron chi connectivity index (χ3n) is 11.8. The monoisotopic (exact) mass is 945 g/mol. The summed E-state index contributed by atoms with van der Waals surface area (Å²) in [6.07, 6.45) is 18.1. The van der Waals surface area contributed by atoms with Gasteiger partial charge in [-0.1, -0.05) is 48.9 Å². The summed E-state index contributed by atoms with van der Waals surface area (Å²) < 4.78 is 2.07. The number of carbonyl (C=O) groups is 4. The van der Waals surface area contributed by atoms with E-state index in [2.05, 4.69) is 25.6 Å². The van der Waals surface area contributed by atoms with E-state index in [1.165, 1.54) is 22.7 Å². The number of pyridine rings is 2. The molecule has 63 heavy (non-hydrogen) atoms. The van der Waals surface area contributed by atoms with Crippen LogP contribution in [0.15, 0.2) is 72.6 Å². The van der Waals surface area contributed by atoms with Gasteiger partial charge >= 0.3 is 0 Å². The number of thiophene rings is 2. The van der Waals surface area contributed by atoms with Crippen LogP contribution in [0, 0.1) is 18.8 Å². The van der Waals surface area contributed by atoms with Crippen LogP contribution in [0.5, 0.6) is 0 Å². The molecular formula is C47H53Cl2N7O4S3. The first-order chi connectivity index (χ1) is 30.6. The number of amides is 4. The molecule has 4 amide bonds. The normalized spacial score (nSPS) is 14.7. The molecule has 8 rings (SSSR count). The molecule has 2 fully saturated rings. The maximum atomic E-state index is 12.7. The third-order valence-corrected chi connectivity index (χ3v) is 15.5. The van der Waals surface area contributed by atoms with Crippen molar-refractivity contribution in [2.45, 2.75) is 77.6 Å². The largest absolute Gasteiger partial charge is 0.351 e. The Kier molecular flexibility index (Phi) is 16.9. The quantitative estimate of drug-likeness (QED) is 0.0978. The summed E-state index contributed by atoms with van der Waals surface area (Å²) in [5.74, 6) is 1.50. The molecule has 16 heteroatoms. The van der Waals surface area contributed by atoms with Crippen LogP contribution >= 0.6 is 57.2 Å². The van der Waals surface area contributed by atoms with Crippen LogP contribution in [0.25, 0.3) is 20.2 Å². The van der Waals surface area contributed by atoms with Crippen LogP contribution in [-0.4, -0.2) is 87.6 Å². The molecule has 5 aromatic heterocycles. The topological polar surface area (TPSA) is 137 Å². The number of hydrogen-bond acceptors (Lipinski definition) is 10. The van der Waals surface area contributed by atoms with Crippen molar-refractivity contribution in [2.75, 3.05) is 39.3 Å². The lowest BCUT2D eigenvalue weighted by molar-refractivity contribution is -0.131. The maximum absolute atomic E-state index is 12.7. The molecule has 0 unspecified atom stereocenters. The zero-order valence-electron chi connectivity index (χ0n) is 35.5. The van der Waals surface area contributed by atoms with Gasteiger partial charge in [0, 0.05) is 75.0 Å². The Bertz CT molecular complexity index is 2420. The Labute approximate surface area is 390 Å². The minimum absolute atomic E-state index is 0.00308. The summed E-state index contributed by atoms with van der Waals surface area (Å²) in [5.41, 5.74) is 1.48. The van der Waals surface area contributed by atoms with E-state index in [0.717, 1.165) is 131 Å². The molecule has 332 valence electrons. The number of aryl methyl sites for hydroxylation is 1. The summed E-state index contributed by atoms with van der Waals surface area (Å²) >= 11 is 16.5. The van der Waals surface area contributed by atoms with Crippen molar-refractivity contribution in [1.29, 1.82) is 0 Å². The van der Waals surface area contributed by atoms with Crippen LogP contribution in [0.2, 0.25) is 10.0 Å². The molecule has 7 heterocycles. The van der Waals surface area contributed by atoms with Crippen molar-refractivity contribution < 1.29 is 19.2 Å². The minimum Gasteiger partial charge on any atom is -0.351 e. The fraction of sp³-hybridized carbons (Fsp3) is 0.426. The lowest BCUT2D eigenvalue weighted by atomic mass is 9.91. The van der Waals surface area contributed by atoms with Gasteiger partial charge < -0.3 is 20.4 Å². The average molecular weight is 947 g/mol. The van der Waals surface area contributed by atoms with E-state index in [-0.39, 0.29) is 23.6 Å². The Balaban J connectivity index is 0.000000189. The lowest BCUT2D eigenvalue weighted by Gasteiger charge is -2.32. The highest BCUT2D eigenvalue weighted by atomic mass is 35.5. The van der Waals surface area contributed by atoms with Gasteiger partial charge in [-0.3, -0.25) is 29.1 Å². The number of halogens is 2. The number of carbonyl (C=O) groups excluding carboxylic acids is 4. The van der Waals surface area contributed by atoms with Crippen molar-refractivity contribution in [3.8, 4) is 0 Å². The van der Waals surface area contributed by atoms with Gasteiger partial charge in [-0.25, -0.2) is 4.98 Å². The first kappa shape index (κ1) is 46.5. The Hall–Kier alpha value is -4.47. The van der Waals surface area contributed by atoms with E-state index in [4.69, 9.17) is 23.2 Å². The van der Waals surface area contributed by atoms with Gasteiger partial charge in [-0.2, -0.15) is 0 Å². The van der Waals surface area contributed by atoms with Crippen LogP contribution in [0.4, 0.5) is 0 Å². The number of fused-ring (bicyclic) bond motifs is 2. The zero-order chi connectivity index (χ0) is 44.1. The number of thiazole rings is 1. The van der Waals surface area contributed by atoms with E-state index in [9.17, 15) is 19.2 Å². The molecule has 0 aliphatic carbocycles. The van der Waals surface area contributed by atoms with Crippen molar-refractivity contribution in [3.05, 3.63) is 109 Å². The van der Waals surface area contributed by atoms with Gasteiger partial charge in [-0.05, 0) is 111 Å². The van der Waals surface area contributed by atoms with Crippen molar-refractivity contribution in [1.82, 2.24) is 35.4 Å². The van der Waals surface area contributed by atoms with E-state index in [0.29, 0.717) is 47.0 Å². The lowest BCUT2D eigenvalue weighted by Crippen LogP contribution is -2.39. The van der Waals surface area contributed by atoms with E-state index in [1.807, 2.05) is 46.4 Å². The summed E-state index contributed by atoms with van der Waals surface area (Å²) in [6, 6.07) is 12.7. The second-order valence-corrected chi connectivity index (χ2v) is 20.3. The zero-order valence-corrected chi connectivity index (χ0v) is 39.4. The molecule has 6 aromatic rings. The molecule has 0 atom stereocenters. The summed E-state index contributed by atoms with van der Waals surface area (Å²) in [7, 11) is 0. The highest BCUT2D eigenvalue weighted by Crippen LogP contribution is 2.29. The van der Waals surface area contributed by atoms with Gasteiger partial charge in [0.25, 0.3) is 17.7 Å². The fourth-order valence-corrected chi connectivity index (χ4v) is 11.0. The molecule has 0 saturated carbocycles. The van der Waals surface area contributed by atoms with Crippen LogP contribution in [0.3, 0.4) is 0 Å². The van der Waals surface area contributed by atoms with Gasteiger partial charge in [0.15, 0.2) is 0 Å². The number of hydrogen-bond donors (Lipinski definition) is 2. The molecule has 0 bridgehead atoms. The number of nitrogens with zero attached hydrogens (tertiary/aromatic N) is 5. The van der Waals surface area contributed by atoms with Gasteiger partial charge in [0.2, 0.25) is 5.91 Å². The number of likely N-dealkylation sites (tertiary alicyclic amines) is 2. The second-order valence-electron chi connectivity index (χ2n) is 16.3. The number of unbranched alkanes of at least 4 members (excludes halogenated alkanes) is 2. The molecule has 1 aromatic carbocycles.